The molecule has 2 heterocycles. The van der Waals surface area contributed by atoms with Crippen LogP contribution in [0.1, 0.15) is 23.0 Å². The van der Waals surface area contributed by atoms with E-state index in [0.717, 1.165) is 16.8 Å². The zero-order valence-electron chi connectivity index (χ0n) is 16.1. The number of fused-ring (bicyclic) bond motifs is 1. The quantitative estimate of drug-likeness (QED) is 0.614. The first-order chi connectivity index (χ1) is 13.1. The Labute approximate surface area is 169 Å². The fourth-order valence-electron chi connectivity index (χ4n) is 2.73. The number of pyridine rings is 2. The van der Waals surface area contributed by atoms with Gasteiger partial charge in [0, 0.05) is 29.0 Å². The Kier molecular flexibility index (Phi) is 7.00. The van der Waals surface area contributed by atoms with E-state index in [9.17, 15) is 4.79 Å². The molecule has 8 heteroatoms. The van der Waals surface area contributed by atoms with E-state index in [0.29, 0.717) is 28.4 Å². The summed E-state index contributed by atoms with van der Waals surface area (Å²) < 4.78 is 15.8. The molecule has 7 nitrogen and oxygen atoms in total. The number of rotatable bonds is 6. The van der Waals surface area contributed by atoms with Crippen molar-refractivity contribution in [2.45, 2.75) is 13.8 Å². The van der Waals surface area contributed by atoms with Gasteiger partial charge in [-0.25, -0.2) is 14.8 Å². The van der Waals surface area contributed by atoms with E-state index in [1.165, 1.54) is 6.20 Å². The van der Waals surface area contributed by atoms with Crippen molar-refractivity contribution in [3.8, 4) is 11.5 Å². The summed E-state index contributed by atoms with van der Waals surface area (Å²) in [6, 6.07) is 9.18. The number of benzene rings is 1. The lowest BCUT2D eigenvalue weighted by molar-refractivity contribution is 0.0527. The maximum atomic E-state index is 12.4. The second-order valence-electron chi connectivity index (χ2n) is 5.79. The van der Waals surface area contributed by atoms with E-state index in [1.54, 1.807) is 33.3 Å². The molecule has 1 aromatic carbocycles. The van der Waals surface area contributed by atoms with Gasteiger partial charge in [-0.05, 0) is 38.1 Å². The number of aromatic nitrogens is 2. The number of ether oxygens (including phenoxy) is 3. The van der Waals surface area contributed by atoms with Crippen LogP contribution in [0.5, 0.6) is 11.5 Å². The van der Waals surface area contributed by atoms with Gasteiger partial charge in [-0.2, -0.15) is 0 Å². The van der Waals surface area contributed by atoms with E-state index in [2.05, 4.69) is 15.3 Å². The van der Waals surface area contributed by atoms with Gasteiger partial charge in [0.25, 0.3) is 0 Å². The molecule has 28 heavy (non-hydrogen) atoms. The third-order valence-electron chi connectivity index (χ3n) is 4.02. The Morgan fingerprint density at radius 1 is 1.11 bits per heavy atom. The lowest BCUT2D eigenvalue weighted by Crippen LogP contribution is -2.09. The number of carbonyl (C=O) groups excluding carboxylic acids is 1. The highest BCUT2D eigenvalue weighted by Gasteiger charge is 2.18. The van der Waals surface area contributed by atoms with Crippen molar-refractivity contribution in [2.75, 3.05) is 26.1 Å². The maximum absolute atomic E-state index is 12.4. The summed E-state index contributed by atoms with van der Waals surface area (Å²) in [4.78, 5) is 21.2. The fraction of sp³-hybridized carbons (Fsp3) is 0.250. The molecule has 0 fully saturated rings. The summed E-state index contributed by atoms with van der Waals surface area (Å²) in [5.41, 5.74) is 3.04. The molecule has 0 aliphatic heterocycles. The van der Waals surface area contributed by atoms with Crippen molar-refractivity contribution in [3.63, 3.8) is 0 Å². The minimum Gasteiger partial charge on any atom is -0.493 e. The Morgan fingerprint density at radius 2 is 1.86 bits per heavy atom. The van der Waals surface area contributed by atoms with Crippen molar-refractivity contribution in [1.29, 1.82) is 0 Å². The Bertz CT molecular complexity index is 995. The molecule has 0 aliphatic rings. The number of anilines is 2. The van der Waals surface area contributed by atoms with Gasteiger partial charge in [-0.15, -0.1) is 12.4 Å². The van der Waals surface area contributed by atoms with Crippen LogP contribution in [0.3, 0.4) is 0 Å². The molecular weight excluding hydrogens is 382 g/mol. The molecular formula is C20H22ClN3O4. The standard InChI is InChI=1S/C20H21N3O4.ClH/c1-5-27-20(24)15-11-21-19-14(8-6-12(2)22-19)18(15)23-13-7-9-16(25-3)17(10-13)26-4;/h6-11H,5H2,1-4H3,(H,21,22,23);1H. The molecule has 3 aromatic rings. The van der Waals surface area contributed by atoms with Gasteiger partial charge in [0.15, 0.2) is 17.1 Å². The molecule has 0 amide bonds. The smallest absolute Gasteiger partial charge is 0.341 e. The first-order valence-electron chi connectivity index (χ1n) is 8.50. The fourth-order valence-corrected chi connectivity index (χ4v) is 2.73. The zero-order valence-corrected chi connectivity index (χ0v) is 16.9. The molecule has 0 unspecified atom stereocenters. The van der Waals surface area contributed by atoms with E-state index >= 15 is 0 Å². The lowest BCUT2D eigenvalue weighted by atomic mass is 10.1. The summed E-state index contributed by atoms with van der Waals surface area (Å²) in [5, 5.41) is 4.01. The second-order valence-corrected chi connectivity index (χ2v) is 5.79. The molecule has 2 aromatic heterocycles. The first kappa shape index (κ1) is 21.2. The number of nitrogens with zero attached hydrogens (tertiary/aromatic N) is 2. The van der Waals surface area contributed by atoms with Crippen molar-refractivity contribution in [2.24, 2.45) is 0 Å². The van der Waals surface area contributed by atoms with Crippen LogP contribution in [0.25, 0.3) is 11.0 Å². The van der Waals surface area contributed by atoms with Gasteiger partial charge in [-0.1, -0.05) is 0 Å². The molecule has 0 spiro atoms. The molecule has 0 aliphatic carbocycles. The van der Waals surface area contributed by atoms with E-state index in [1.807, 2.05) is 25.1 Å². The highest BCUT2D eigenvalue weighted by atomic mass is 35.5. The molecule has 1 N–H and O–H groups in total. The third-order valence-corrected chi connectivity index (χ3v) is 4.02. The highest BCUT2D eigenvalue weighted by molar-refractivity contribution is 6.05. The molecule has 0 radical (unpaired) electrons. The third kappa shape index (κ3) is 4.26. The molecule has 3 rings (SSSR count). The van der Waals surface area contributed by atoms with Gasteiger partial charge in [-0.3, -0.25) is 0 Å². The van der Waals surface area contributed by atoms with Gasteiger partial charge < -0.3 is 19.5 Å². The summed E-state index contributed by atoms with van der Waals surface area (Å²) >= 11 is 0. The lowest BCUT2D eigenvalue weighted by Gasteiger charge is -2.15. The highest BCUT2D eigenvalue weighted by Crippen LogP contribution is 2.34. The number of methoxy groups -OCH3 is 2. The van der Waals surface area contributed by atoms with Crippen LogP contribution in [-0.2, 0) is 4.74 Å². The van der Waals surface area contributed by atoms with Crippen LogP contribution in [0, 0.1) is 6.92 Å². The maximum Gasteiger partial charge on any atom is 0.341 e. The van der Waals surface area contributed by atoms with Crippen LogP contribution in [0.2, 0.25) is 0 Å². The predicted octanol–water partition coefficient (Wildman–Crippen LogP) is 4.30. The Morgan fingerprint density at radius 3 is 2.54 bits per heavy atom. The normalized spacial score (nSPS) is 10.1. The number of esters is 1. The number of halogens is 1. The topological polar surface area (TPSA) is 82.6 Å². The summed E-state index contributed by atoms with van der Waals surface area (Å²) in [7, 11) is 3.15. The van der Waals surface area contributed by atoms with Gasteiger partial charge in [0.05, 0.1) is 26.5 Å². The van der Waals surface area contributed by atoms with Crippen LogP contribution in [0.4, 0.5) is 11.4 Å². The first-order valence-corrected chi connectivity index (χ1v) is 8.50. The SMILES string of the molecule is CCOC(=O)c1cnc2nc(C)ccc2c1Nc1ccc(OC)c(OC)c1.Cl. The van der Waals surface area contributed by atoms with E-state index in [-0.39, 0.29) is 19.0 Å². The predicted molar refractivity (Wildman–Crippen MR) is 110 cm³/mol. The minimum atomic E-state index is -0.449. The molecule has 0 saturated carbocycles. The number of hydrogen-bond donors (Lipinski definition) is 1. The number of hydrogen-bond acceptors (Lipinski definition) is 7. The number of carbonyl (C=O) groups is 1. The van der Waals surface area contributed by atoms with Crippen molar-refractivity contribution >= 4 is 40.8 Å². The van der Waals surface area contributed by atoms with Crippen LogP contribution >= 0.6 is 12.4 Å². The minimum absolute atomic E-state index is 0. The van der Waals surface area contributed by atoms with Gasteiger partial charge in [0.1, 0.15) is 5.56 Å². The zero-order chi connectivity index (χ0) is 19.4. The van der Waals surface area contributed by atoms with E-state index < -0.39 is 5.97 Å². The number of aryl methyl sites for hydroxylation is 1. The molecule has 148 valence electrons. The van der Waals surface area contributed by atoms with Crippen LogP contribution < -0.4 is 14.8 Å². The summed E-state index contributed by atoms with van der Waals surface area (Å²) in [5.74, 6) is 0.744. The van der Waals surface area contributed by atoms with E-state index in [4.69, 9.17) is 14.2 Å². The van der Waals surface area contributed by atoms with Crippen LogP contribution in [0.15, 0.2) is 36.5 Å². The average Bonchev–Trinajstić information content (AvgIpc) is 2.67. The Balaban J connectivity index is 0.00000280. The molecule has 0 bridgehead atoms. The van der Waals surface area contributed by atoms with Gasteiger partial charge >= 0.3 is 5.97 Å². The van der Waals surface area contributed by atoms with Crippen molar-refractivity contribution < 1.29 is 19.0 Å². The summed E-state index contributed by atoms with van der Waals surface area (Å²) in [6.45, 7) is 3.93. The molecule has 0 atom stereocenters. The van der Waals surface area contributed by atoms with Crippen molar-refractivity contribution in [1.82, 2.24) is 9.97 Å². The monoisotopic (exact) mass is 403 g/mol. The summed E-state index contributed by atoms with van der Waals surface area (Å²) in [6.07, 6.45) is 1.48. The Hall–Kier alpha value is -3.06. The van der Waals surface area contributed by atoms with Crippen molar-refractivity contribution in [3.05, 3.63) is 47.8 Å². The van der Waals surface area contributed by atoms with Crippen LogP contribution in [-0.4, -0.2) is 36.8 Å². The van der Waals surface area contributed by atoms with Gasteiger partial charge in [0.2, 0.25) is 0 Å². The average molecular weight is 404 g/mol. The second kappa shape index (κ2) is 9.23. The molecule has 0 saturated heterocycles. The number of nitrogens with one attached hydrogen (secondary N) is 1. The largest absolute Gasteiger partial charge is 0.493 e.